The molecule has 0 aromatic rings. The van der Waals surface area contributed by atoms with Gasteiger partial charge in [-0.3, -0.25) is 9.59 Å². The van der Waals surface area contributed by atoms with Crippen molar-refractivity contribution in [1.82, 2.24) is 0 Å². The normalized spacial score (nSPS) is 8.91. The van der Waals surface area contributed by atoms with E-state index < -0.39 is 0 Å². The van der Waals surface area contributed by atoms with Crippen LogP contribution in [-0.2, 0) is 19.1 Å². The molecule has 0 atom stereocenters. The summed E-state index contributed by atoms with van der Waals surface area (Å²) >= 11 is 0. The maximum absolute atomic E-state index is 10.5. The van der Waals surface area contributed by atoms with Crippen LogP contribution in [0.15, 0.2) is 0 Å². The summed E-state index contributed by atoms with van der Waals surface area (Å²) in [5.41, 5.74) is 0. The van der Waals surface area contributed by atoms with Gasteiger partial charge >= 0.3 is 11.9 Å². The fourth-order valence-electron chi connectivity index (χ4n) is 0.581. The Balaban J connectivity index is 0. The average Bonchev–Trinajstić information content (AvgIpc) is 2.04. The van der Waals surface area contributed by atoms with Crippen LogP contribution in [0.2, 0.25) is 0 Å². The van der Waals surface area contributed by atoms with Gasteiger partial charge in [0.05, 0.1) is 14.2 Å². The quantitative estimate of drug-likeness (QED) is 0.572. The maximum Gasteiger partial charge on any atom is 0.305 e. The van der Waals surface area contributed by atoms with Gasteiger partial charge in [-0.25, -0.2) is 0 Å². The summed E-state index contributed by atoms with van der Waals surface area (Å²) in [4.78, 5) is 21.0. The molecule has 0 aliphatic carbocycles. The number of hydrogen-bond acceptors (Lipinski definition) is 4. The third-order valence-corrected chi connectivity index (χ3v) is 1.22. The zero-order valence-electron chi connectivity index (χ0n) is 6.75. The van der Waals surface area contributed by atoms with Crippen molar-refractivity contribution in [2.75, 3.05) is 14.2 Å². The molecule has 0 aliphatic heterocycles. The van der Waals surface area contributed by atoms with Crippen molar-refractivity contribution in [3.05, 3.63) is 0 Å². The van der Waals surface area contributed by atoms with E-state index in [1.54, 1.807) is 0 Å². The van der Waals surface area contributed by atoms with Crippen LogP contribution >= 0.6 is 0 Å². The topological polar surface area (TPSA) is 52.6 Å². The Kier molecular flexibility index (Phi) is 5.15. The number of carbonyl (C=O) groups is 2. The Morgan fingerprint density at radius 3 is 1.73 bits per heavy atom. The molecule has 11 heavy (non-hydrogen) atoms. The zero-order valence-corrected chi connectivity index (χ0v) is 6.75. The highest BCUT2D eigenvalue weighted by molar-refractivity contribution is 5.72. The van der Waals surface area contributed by atoms with Crippen molar-refractivity contribution in [3.8, 4) is 0 Å². The second kappa shape index (κ2) is 5.70. The van der Waals surface area contributed by atoms with E-state index in [-0.39, 0.29) is 26.2 Å². The first-order valence-electron chi connectivity index (χ1n) is 3.34. The van der Waals surface area contributed by atoms with Crippen LogP contribution in [0, 0.1) is 0 Å². The highest BCUT2D eigenvalue weighted by Gasteiger charge is 2.03. The molecule has 0 spiro atoms. The van der Waals surface area contributed by atoms with Gasteiger partial charge in [-0.1, -0.05) is 0 Å². The van der Waals surface area contributed by atoms with Crippen LogP contribution in [0.4, 0.5) is 0 Å². The molecule has 0 fully saturated rings. The second-order valence-corrected chi connectivity index (χ2v) is 2.01. The summed E-state index contributed by atoms with van der Waals surface area (Å²) in [6, 6.07) is 0. The van der Waals surface area contributed by atoms with E-state index in [0.717, 1.165) is 0 Å². The third-order valence-electron chi connectivity index (χ3n) is 1.22. The first kappa shape index (κ1) is 9.94. The predicted molar refractivity (Wildman–Crippen MR) is 40.0 cm³/mol. The van der Waals surface area contributed by atoms with E-state index in [1.807, 2.05) is 0 Å². The van der Waals surface area contributed by atoms with Crippen LogP contribution in [0.1, 0.15) is 20.7 Å². The van der Waals surface area contributed by atoms with Crippen LogP contribution in [-0.4, -0.2) is 26.2 Å². The first-order chi connectivity index (χ1) is 5.20. The lowest BCUT2D eigenvalue weighted by Gasteiger charge is -1.97. The van der Waals surface area contributed by atoms with Gasteiger partial charge in [0.15, 0.2) is 0 Å². The predicted octanol–water partition coefficient (Wildman–Crippen LogP) is 0.749. The molecule has 0 rings (SSSR count). The van der Waals surface area contributed by atoms with E-state index >= 15 is 0 Å². The molecule has 0 aromatic carbocycles. The van der Waals surface area contributed by atoms with E-state index in [0.29, 0.717) is 6.42 Å². The number of rotatable bonds is 4. The van der Waals surface area contributed by atoms with Gasteiger partial charge in [0.1, 0.15) is 0 Å². The van der Waals surface area contributed by atoms with Gasteiger partial charge in [0.2, 0.25) is 0 Å². The molecule has 0 amide bonds. The Morgan fingerprint density at radius 2 is 1.45 bits per heavy atom. The number of hydrogen-bond donors (Lipinski definition) is 0. The zero-order chi connectivity index (χ0) is 8.69. The summed E-state index contributed by atoms with van der Waals surface area (Å²) in [5.74, 6) is -0.595. The molecule has 4 nitrogen and oxygen atoms in total. The second-order valence-electron chi connectivity index (χ2n) is 2.01. The maximum atomic E-state index is 10.5. The minimum atomic E-state index is -0.297. The third kappa shape index (κ3) is 5.39. The SMILES string of the molecule is COC(=O)CCCC(=O)OC.[HH]. The molecule has 0 saturated heterocycles. The smallest absolute Gasteiger partial charge is 0.305 e. The van der Waals surface area contributed by atoms with Gasteiger partial charge in [-0.2, -0.15) is 0 Å². The monoisotopic (exact) mass is 162 g/mol. The van der Waals surface area contributed by atoms with Gasteiger partial charge in [-0.15, -0.1) is 0 Å². The molecule has 0 aromatic heterocycles. The lowest BCUT2D eigenvalue weighted by Crippen LogP contribution is -2.04. The van der Waals surface area contributed by atoms with E-state index in [1.165, 1.54) is 14.2 Å². The number of ether oxygens (including phenoxy) is 2. The highest BCUT2D eigenvalue weighted by atomic mass is 16.5. The molecule has 0 heterocycles. The van der Waals surface area contributed by atoms with Crippen molar-refractivity contribution < 1.29 is 20.5 Å². The lowest BCUT2D eigenvalue weighted by atomic mass is 10.2. The standard InChI is InChI=1S/C7H12O4.H2/c1-10-6(8)4-3-5-7(9)11-2;/h3-5H2,1-2H3;1H. The largest absolute Gasteiger partial charge is 0.469 e. The fraction of sp³-hybridized carbons (Fsp3) is 0.714. The summed E-state index contributed by atoms with van der Waals surface area (Å²) in [5, 5.41) is 0. The molecule has 0 aliphatic rings. The van der Waals surface area contributed by atoms with E-state index in [9.17, 15) is 9.59 Å². The van der Waals surface area contributed by atoms with Crippen LogP contribution in [0.5, 0.6) is 0 Å². The Hall–Kier alpha value is -1.06. The van der Waals surface area contributed by atoms with E-state index in [2.05, 4.69) is 9.47 Å². The van der Waals surface area contributed by atoms with Crippen molar-refractivity contribution in [1.29, 1.82) is 0 Å². The van der Waals surface area contributed by atoms with Gasteiger partial charge in [0, 0.05) is 14.3 Å². The number of methoxy groups -OCH3 is 2. The summed E-state index contributed by atoms with van der Waals surface area (Å²) in [6.07, 6.45) is 1.02. The minimum absolute atomic E-state index is 0. The highest BCUT2D eigenvalue weighted by Crippen LogP contribution is 1.97. The Morgan fingerprint density at radius 1 is 1.09 bits per heavy atom. The molecule has 0 bridgehead atoms. The first-order valence-corrected chi connectivity index (χ1v) is 3.34. The molecule has 0 N–H and O–H groups in total. The van der Waals surface area contributed by atoms with E-state index in [4.69, 9.17) is 0 Å². The molecule has 4 heteroatoms. The van der Waals surface area contributed by atoms with Crippen LogP contribution in [0.25, 0.3) is 0 Å². The number of carbonyl (C=O) groups excluding carboxylic acids is 2. The lowest BCUT2D eigenvalue weighted by molar-refractivity contribution is -0.142. The van der Waals surface area contributed by atoms with Gasteiger partial charge < -0.3 is 9.47 Å². The van der Waals surface area contributed by atoms with Crippen molar-refractivity contribution in [3.63, 3.8) is 0 Å². The Labute approximate surface area is 67.0 Å². The molecular formula is C7H14O4. The summed E-state index contributed by atoms with van der Waals surface area (Å²) < 4.78 is 8.75. The molecular weight excluding hydrogens is 148 g/mol. The fourth-order valence-corrected chi connectivity index (χ4v) is 0.581. The van der Waals surface area contributed by atoms with Crippen LogP contribution < -0.4 is 0 Å². The van der Waals surface area contributed by atoms with Crippen molar-refractivity contribution >= 4 is 11.9 Å². The molecule has 0 unspecified atom stereocenters. The molecule has 0 radical (unpaired) electrons. The summed E-state index contributed by atoms with van der Waals surface area (Å²) in [7, 11) is 2.64. The molecule has 0 saturated carbocycles. The van der Waals surface area contributed by atoms with Crippen molar-refractivity contribution in [2.45, 2.75) is 19.3 Å². The van der Waals surface area contributed by atoms with Crippen LogP contribution in [0.3, 0.4) is 0 Å². The summed E-state index contributed by atoms with van der Waals surface area (Å²) in [6.45, 7) is 0. The van der Waals surface area contributed by atoms with Gasteiger partial charge in [-0.05, 0) is 6.42 Å². The molecule has 66 valence electrons. The van der Waals surface area contributed by atoms with Crippen molar-refractivity contribution in [2.24, 2.45) is 0 Å². The number of esters is 2. The average molecular weight is 162 g/mol. The minimum Gasteiger partial charge on any atom is -0.469 e. The Bertz CT molecular complexity index is 130. The van der Waals surface area contributed by atoms with Gasteiger partial charge in [0.25, 0.3) is 0 Å².